The summed E-state index contributed by atoms with van der Waals surface area (Å²) in [7, 11) is -14.5. The molecule has 0 radical (unpaired) electrons. The Kier molecular flexibility index (Phi) is 7.39. The van der Waals surface area contributed by atoms with E-state index < -0.39 is 75.9 Å². The third-order valence-corrected chi connectivity index (χ3v) is 10.8. The fourth-order valence-corrected chi connectivity index (χ4v) is 8.80. The first-order valence-electron chi connectivity index (χ1n) is 9.26. The molecule has 186 valence electrons. The molecule has 11 nitrogen and oxygen atoms in total. The molecule has 0 spiro atoms. The molecule has 0 fully saturated rings. The molecule has 1 aromatic heterocycles. The number of nitrogens with zero attached hydrogens (tertiary/aromatic N) is 1. The Balaban J connectivity index is 2.04. The van der Waals surface area contributed by atoms with Gasteiger partial charge in [0.05, 0.1) is 10.6 Å². The molecule has 0 bridgehead atoms. The zero-order valence-electron chi connectivity index (χ0n) is 17.2. The van der Waals surface area contributed by atoms with Gasteiger partial charge >= 0.3 is 7.60 Å². The van der Waals surface area contributed by atoms with E-state index in [9.17, 15) is 51.1 Å². The molecule has 1 heterocycles. The fraction of sp³-hybridized carbons (Fsp3) is 0.105. The maximum Gasteiger partial charge on any atom is 0.347 e. The Morgan fingerprint density at radius 2 is 1.69 bits per heavy atom. The summed E-state index contributed by atoms with van der Waals surface area (Å²) in [6, 6.07) is 10.8. The van der Waals surface area contributed by atoms with E-state index in [1.807, 2.05) is 0 Å². The maximum atomic E-state index is 14.9. The molecule has 0 saturated heterocycles. The minimum atomic E-state index is -5.14. The average molecular weight is 563 g/mol. The van der Waals surface area contributed by atoms with Crippen LogP contribution < -0.4 is 4.72 Å². The lowest BCUT2D eigenvalue weighted by atomic mass is 10.2. The van der Waals surface area contributed by atoms with E-state index in [1.54, 1.807) is 4.72 Å². The molecule has 1 atom stereocenters. The normalized spacial score (nSPS) is 13.3. The van der Waals surface area contributed by atoms with E-state index in [0.717, 1.165) is 18.2 Å². The van der Waals surface area contributed by atoms with E-state index in [2.05, 4.69) is 0 Å². The summed E-state index contributed by atoms with van der Waals surface area (Å²) in [5.41, 5.74) is -0.994. The number of rotatable bonds is 8. The van der Waals surface area contributed by atoms with Crippen LogP contribution in [0.5, 0.6) is 11.5 Å². The summed E-state index contributed by atoms with van der Waals surface area (Å²) in [5.74, 6) is -6.03. The van der Waals surface area contributed by atoms with Gasteiger partial charge in [-0.15, -0.1) is 11.3 Å². The van der Waals surface area contributed by atoms with E-state index in [4.69, 9.17) is 0 Å². The highest BCUT2D eigenvalue weighted by atomic mass is 32.2. The summed E-state index contributed by atoms with van der Waals surface area (Å²) in [6.45, 7) is 0. The number of sulfone groups is 1. The number of benzene rings is 2. The van der Waals surface area contributed by atoms with E-state index in [1.165, 1.54) is 36.4 Å². The molecule has 1 unspecified atom stereocenters. The van der Waals surface area contributed by atoms with Gasteiger partial charge in [-0.1, -0.05) is 30.3 Å². The number of nitriles is 1. The Hall–Kier alpha value is -2.83. The van der Waals surface area contributed by atoms with Crippen molar-refractivity contribution in [2.75, 3.05) is 0 Å². The Morgan fingerprint density at radius 3 is 2.23 bits per heavy atom. The van der Waals surface area contributed by atoms with Crippen LogP contribution >= 0.6 is 18.9 Å². The van der Waals surface area contributed by atoms with Crippen LogP contribution in [0.4, 0.5) is 4.39 Å². The molecule has 35 heavy (non-hydrogen) atoms. The van der Waals surface area contributed by atoms with Crippen LogP contribution in [0.2, 0.25) is 0 Å². The van der Waals surface area contributed by atoms with Gasteiger partial charge in [-0.05, 0) is 17.7 Å². The molecule has 5 N–H and O–H groups in total. The molecule has 0 aliphatic carbocycles. The van der Waals surface area contributed by atoms with Crippen LogP contribution in [0.3, 0.4) is 0 Å². The van der Waals surface area contributed by atoms with Crippen molar-refractivity contribution in [1.82, 2.24) is 4.72 Å². The molecule has 0 amide bonds. The number of phenols is 2. The minimum Gasteiger partial charge on any atom is -0.504 e. The van der Waals surface area contributed by atoms with Crippen LogP contribution in [0.15, 0.2) is 57.6 Å². The highest BCUT2D eigenvalue weighted by molar-refractivity contribution is 7.92. The number of halogens is 1. The molecule has 0 aliphatic rings. The van der Waals surface area contributed by atoms with E-state index >= 15 is 0 Å². The molecule has 0 aliphatic heterocycles. The van der Waals surface area contributed by atoms with Crippen LogP contribution in [0.1, 0.15) is 21.8 Å². The lowest BCUT2D eigenvalue weighted by Crippen LogP contribution is -2.28. The van der Waals surface area contributed by atoms with Gasteiger partial charge in [0.15, 0.2) is 31.4 Å². The number of sulfonamides is 1. The largest absolute Gasteiger partial charge is 0.504 e. The molecule has 0 saturated carbocycles. The van der Waals surface area contributed by atoms with Crippen molar-refractivity contribution in [3.63, 3.8) is 0 Å². The molecule has 3 rings (SSSR count). The van der Waals surface area contributed by atoms with Crippen molar-refractivity contribution in [3.8, 4) is 17.6 Å². The molecule has 16 heteroatoms. The predicted molar refractivity (Wildman–Crippen MR) is 121 cm³/mol. The quantitative estimate of drug-likeness (QED) is 0.200. The Bertz CT molecular complexity index is 1580. The highest BCUT2D eigenvalue weighted by Gasteiger charge is 2.38. The van der Waals surface area contributed by atoms with Crippen molar-refractivity contribution >= 4 is 38.8 Å². The first-order chi connectivity index (χ1) is 16.2. The second kappa shape index (κ2) is 9.67. The second-order valence-electron chi connectivity index (χ2n) is 7.05. The lowest BCUT2D eigenvalue weighted by Gasteiger charge is -2.19. The van der Waals surface area contributed by atoms with Crippen LogP contribution in [-0.2, 0) is 30.2 Å². The summed E-state index contributed by atoms with van der Waals surface area (Å²) >= 11 is 0.102. The monoisotopic (exact) mass is 562 g/mol. The topological polar surface area (TPSA) is 202 Å². The van der Waals surface area contributed by atoms with Crippen LogP contribution in [0.25, 0.3) is 0 Å². The van der Waals surface area contributed by atoms with Gasteiger partial charge in [0, 0.05) is 10.9 Å². The van der Waals surface area contributed by atoms with Crippen LogP contribution in [0, 0.1) is 17.1 Å². The first kappa shape index (κ1) is 26.8. The minimum absolute atomic E-state index is 0.102. The SMILES string of the molecule is N#Cc1c(CS(=O)(=O)c2ccc(O)c(O)c2)sc(S(=O)(=O)NC(c2ccccc2)P(=O)(O)O)c1F. The van der Waals surface area contributed by atoms with Crippen molar-refractivity contribution in [2.45, 2.75) is 20.6 Å². The molecule has 3 aromatic rings. The summed E-state index contributed by atoms with van der Waals surface area (Å²) in [5, 5.41) is 28.2. The third kappa shape index (κ3) is 5.71. The Labute approximate surface area is 202 Å². The van der Waals surface area contributed by atoms with Gasteiger partial charge in [-0.25, -0.2) is 21.2 Å². The smallest absolute Gasteiger partial charge is 0.347 e. The third-order valence-electron chi connectivity index (χ3n) is 4.59. The summed E-state index contributed by atoms with van der Waals surface area (Å²) < 4.78 is 78.7. The summed E-state index contributed by atoms with van der Waals surface area (Å²) in [6.07, 6.45) is 0. The highest BCUT2D eigenvalue weighted by Crippen LogP contribution is 2.51. The number of aromatic hydroxyl groups is 2. The first-order valence-corrected chi connectivity index (χ1v) is 14.9. The molecule has 2 aromatic carbocycles. The van der Waals surface area contributed by atoms with Gasteiger partial charge in [0.1, 0.15) is 17.4 Å². The molecular formula is C19H16FN2O9PS3. The predicted octanol–water partition coefficient (Wildman–Crippen LogP) is 2.30. The van der Waals surface area contributed by atoms with Crippen molar-refractivity contribution in [3.05, 3.63) is 70.4 Å². The molecular weight excluding hydrogens is 546 g/mol. The number of hydrogen-bond donors (Lipinski definition) is 5. The maximum absolute atomic E-state index is 14.9. The summed E-state index contributed by atoms with van der Waals surface area (Å²) in [4.78, 5) is 18.3. The average Bonchev–Trinajstić information content (AvgIpc) is 3.08. The van der Waals surface area contributed by atoms with Crippen molar-refractivity contribution in [2.24, 2.45) is 0 Å². The number of nitrogens with one attached hydrogen (secondary N) is 1. The zero-order valence-corrected chi connectivity index (χ0v) is 20.6. The van der Waals surface area contributed by atoms with Gasteiger partial charge in [-0.2, -0.15) is 9.98 Å². The van der Waals surface area contributed by atoms with Gasteiger partial charge in [0.2, 0.25) is 0 Å². The fourth-order valence-electron chi connectivity index (χ4n) is 2.94. The number of thiophene rings is 1. The van der Waals surface area contributed by atoms with Crippen molar-refractivity contribution < 1.29 is 45.8 Å². The number of phenolic OH excluding ortho intramolecular Hbond substituents is 2. The van der Waals surface area contributed by atoms with E-state index in [0.29, 0.717) is 0 Å². The zero-order chi connectivity index (χ0) is 26.2. The second-order valence-corrected chi connectivity index (χ2v) is 13.7. The lowest BCUT2D eigenvalue weighted by molar-refractivity contribution is 0.355. The van der Waals surface area contributed by atoms with E-state index in [-0.39, 0.29) is 16.9 Å². The van der Waals surface area contributed by atoms with Crippen LogP contribution in [-0.4, -0.2) is 36.8 Å². The van der Waals surface area contributed by atoms with Crippen molar-refractivity contribution in [1.29, 1.82) is 5.26 Å². The van der Waals surface area contributed by atoms with Gasteiger partial charge in [0.25, 0.3) is 10.0 Å². The van der Waals surface area contributed by atoms with Gasteiger partial charge < -0.3 is 20.0 Å². The van der Waals surface area contributed by atoms with Gasteiger partial charge in [-0.3, -0.25) is 4.57 Å². The number of hydrogen-bond acceptors (Lipinski definition) is 9. The Morgan fingerprint density at radius 1 is 1.06 bits per heavy atom. The standard InChI is InChI=1S/C19H16FN2O9PS3/c20-17-13(9-21)16(10-34(28,29)12-6-7-14(23)15(24)8-12)33-19(17)35(30,31)22-18(32(25,26)27)11-4-2-1-3-5-11/h1-8,18,22-24H,10H2,(H2,25,26,27).